The van der Waals surface area contributed by atoms with Crippen molar-refractivity contribution in [1.82, 2.24) is 9.88 Å². The third kappa shape index (κ3) is 3.92. The molecule has 0 aliphatic rings. The fourth-order valence-corrected chi connectivity index (χ4v) is 1.31. The molecule has 0 spiro atoms. The van der Waals surface area contributed by atoms with E-state index in [-0.39, 0.29) is 18.6 Å². The molecule has 0 bridgehead atoms. The molecule has 94 valence electrons. The predicted molar refractivity (Wildman–Crippen MR) is 60.9 cm³/mol. The van der Waals surface area contributed by atoms with Crippen molar-refractivity contribution in [2.45, 2.75) is 19.6 Å². The Bertz CT molecular complexity index is 400. The number of rotatable bonds is 6. The summed E-state index contributed by atoms with van der Waals surface area (Å²) in [6, 6.07) is 3.22. The predicted octanol–water partition coefficient (Wildman–Crippen LogP) is 0.337. The van der Waals surface area contributed by atoms with E-state index in [1.165, 1.54) is 4.57 Å². The van der Waals surface area contributed by atoms with Crippen LogP contribution in [0.15, 0.2) is 18.3 Å². The summed E-state index contributed by atoms with van der Waals surface area (Å²) in [5.74, 6) is -1.29. The van der Waals surface area contributed by atoms with Gasteiger partial charge in [0.15, 0.2) is 0 Å². The summed E-state index contributed by atoms with van der Waals surface area (Å²) < 4.78 is 6.38. The molecule has 1 aromatic rings. The van der Waals surface area contributed by atoms with E-state index in [9.17, 15) is 9.59 Å². The molecule has 6 nitrogen and oxygen atoms in total. The van der Waals surface area contributed by atoms with Gasteiger partial charge in [0.05, 0.1) is 6.10 Å². The minimum Gasteiger partial charge on any atom is -0.480 e. The zero-order valence-electron chi connectivity index (χ0n) is 9.84. The number of nitrogens with one attached hydrogen (secondary N) is 1. The maximum atomic E-state index is 11.7. The fraction of sp³-hybridized carbons (Fsp3) is 0.455. The first kappa shape index (κ1) is 13.2. The van der Waals surface area contributed by atoms with Gasteiger partial charge in [-0.15, -0.1) is 0 Å². The van der Waals surface area contributed by atoms with E-state index >= 15 is 0 Å². The van der Waals surface area contributed by atoms with Crippen LogP contribution < -0.4 is 5.32 Å². The van der Waals surface area contributed by atoms with E-state index in [0.717, 1.165) is 0 Å². The molecule has 1 atom stereocenters. The van der Waals surface area contributed by atoms with Crippen LogP contribution in [-0.2, 0) is 16.1 Å². The molecule has 0 saturated carbocycles. The average molecular weight is 240 g/mol. The second-order valence-electron chi connectivity index (χ2n) is 3.67. The number of amides is 1. The molecule has 0 aliphatic heterocycles. The van der Waals surface area contributed by atoms with Crippen LogP contribution in [0.3, 0.4) is 0 Å². The normalized spacial score (nSPS) is 12.1. The summed E-state index contributed by atoms with van der Waals surface area (Å²) in [6.07, 6.45) is 1.48. The van der Waals surface area contributed by atoms with E-state index in [4.69, 9.17) is 9.84 Å². The molecule has 0 aromatic carbocycles. The van der Waals surface area contributed by atoms with E-state index in [2.05, 4.69) is 5.32 Å². The third-order valence-electron chi connectivity index (χ3n) is 2.32. The minimum atomic E-state index is -0.986. The van der Waals surface area contributed by atoms with Crippen LogP contribution in [0.25, 0.3) is 0 Å². The summed E-state index contributed by atoms with van der Waals surface area (Å²) in [7, 11) is 1.56. The number of carboxylic acids is 1. The van der Waals surface area contributed by atoms with Gasteiger partial charge in [0, 0.05) is 19.9 Å². The molecule has 6 heteroatoms. The van der Waals surface area contributed by atoms with Crippen molar-refractivity contribution in [3.05, 3.63) is 24.0 Å². The zero-order valence-corrected chi connectivity index (χ0v) is 9.84. The summed E-state index contributed by atoms with van der Waals surface area (Å²) in [6.45, 7) is 1.99. The Morgan fingerprint density at radius 3 is 2.88 bits per heavy atom. The Labute approximate surface area is 99.2 Å². The van der Waals surface area contributed by atoms with Crippen LogP contribution >= 0.6 is 0 Å². The van der Waals surface area contributed by atoms with E-state index < -0.39 is 5.97 Å². The number of ether oxygens (including phenoxy) is 1. The number of aromatic nitrogens is 1. The van der Waals surface area contributed by atoms with Gasteiger partial charge in [0.2, 0.25) is 0 Å². The highest BCUT2D eigenvalue weighted by Crippen LogP contribution is 2.02. The summed E-state index contributed by atoms with van der Waals surface area (Å²) >= 11 is 0. The molecule has 0 saturated heterocycles. The lowest BCUT2D eigenvalue weighted by Crippen LogP contribution is -2.33. The maximum absolute atomic E-state index is 11.7. The van der Waals surface area contributed by atoms with Crippen molar-refractivity contribution >= 4 is 11.9 Å². The second kappa shape index (κ2) is 6.05. The number of nitrogens with zero attached hydrogens (tertiary/aromatic N) is 1. The van der Waals surface area contributed by atoms with Crippen molar-refractivity contribution < 1.29 is 19.4 Å². The molecular weight excluding hydrogens is 224 g/mol. The van der Waals surface area contributed by atoms with Gasteiger partial charge in [-0.05, 0) is 19.1 Å². The number of carboxylic acid groups (broad SMARTS) is 1. The molecule has 0 radical (unpaired) electrons. The van der Waals surface area contributed by atoms with Gasteiger partial charge in [-0.3, -0.25) is 9.59 Å². The third-order valence-corrected chi connectivity index (χ3v) is 2.32. The molecule has 1 amide bonds. The number of aliphatic carboxylic acids is 1. The van der Waals surface area contributed by atoms with Crippen molar-refractivity contribution in [2.24, 2.45) is 0 Å². The Kier molecular flexibility index (Phi) is 4.71. The molecule has 1 unspecified atom stereocenters. The average Bonchev–Trinajstić information content (AvgIpc) is 2.72. The Balaban J connectivity index is 2.62. The van der Waals surface area contributed by atoms with Gasteiger partial charge in [0.25, 0.3) is 5.91 Å². The van der Waals surface area contributed by atoms with Gasteiger partial charge in [0.1, 0.15) is 12.2 Å². The lowest BCUT2D eigenvalue weighted by molar-refractivity contribution is -0.137. The molecule has 0 aliphatic carbocycles. The van der Waals surface area contributed by atoms with E-state index in [1.807, 2.05) is 6.92 Å². The van der Waals surface area contributed by atoms with Crippen LogP contribution in [0.4, 0.5) is 0 Å². The molecule has 1 aromatic heterocycles. The van der Waals surface area contributed by atoms with Gasteiger partial charge >= 0.3 is 5.97 Å². The zero-order chi connectivity index (χ0) is 12.8. The number of methoxy groups -OCH3 is 1. The van der Waals surface area contributed by atoms with E-state index in [1.54, 1.807) is 25.4 Å². The minimum absolute atomic E-state index is 0.0816. The van der Waals surface area contributed by atoms with Crippen molar-refractivity contribution in [3.63, 3.8) is 0 Å². The lowest BCUT2D eigenvalue weighted by Gasteiger charge is -2.11. The standard InChI is InChI=1S/C11H16N2O4/c1-8(17-2)6-12-11(16)9-4-3-5-13(9)7-10(14)15/h3-5,8H,6-7H2,1-2H3,(H,12,16)(H,14,15). The van der Waals surface area contributed by atoms with Gasteiger partial charge in [-0.1, -0.05) is 0 Å². The Morgan fingerprint density at radius 2 is 2.29 bits per heavy atom. The van der Waals surface area contributed by atoms with E-state index in [0.29, 0.717) is 12.2 Å². The first-order valence-corrected chi connectivity index (χ1v) is 5.22. The van der Waals surface area contributed by atoms with Crippen LogP contribution in [0.1, 0.15) is 17.4 Å². The highest BCUT2D eigenvalue weighted by Gasteiger charge is 2.13. The highest BCUT2D eigenvalue weighted by atomic mass is 16.5. The second-order valence-corrected chi connectivity index (χ2v) is 3.67. The van der Waals surface area contributed by atoms with Crippen molar-refractivity contribution in [2.75, 3.05) is 13.7 Å². The number of hydrogen-bond donors (Lipinski definition) is 2. The molecular formula is C11H16N2O4. The molecule has 0 fully saturated rings. The SMILES string of the molecule is COC(C)CNC(=O)c1cccn1CC(=O)O. The van der Waals surface area contributed by atoms with Gasteiger partial charge in [-0.25, -0.2) is 0 Å². The Hall–Kier alpha value is -1.82. The van der Waals surface area contributed by atoms with Crippen molar-refractivity contribution in [3.8, 4) is 0 Å². The van der Waals surface area contributed by atoms with Crippen LogP contribution in [-0.4, -0.2) is 41.3 Å². The number of carbonyl (C=O) groups excluding carboxylic acids is 1. The molecule has 2 N–H and O–H groups in total. The van der Waals surface area contributed by atoms with Crippen LogP contribution in [0.5, 0.6) is 0 Å². The molecule has 17 heavy (non-hydrogen) atoms. The lowest BCUT2D eigenvalue weighted by atomic mass is 10.3. The van der Waals surface area contributed by atoms with Gasteiger partial charge in [-0.2, -0.15) is 0 Å². The first-order valence-electron chi connectivity index (χ1n) is 5.22. The van der Waals surface area contributed by atoms with Crippen LogP contribution in [0, 0.1) is 0 Å². The largest absolute Gasteiger partial charge is 0.480 e. The highest BCUT2D eigenvalue weighted by molar-refractivity contribution is 5.93. The quantitative estimate of drug-likeness (QED) is 0.751. The topological polar surface area (TPSA) is 80.6 Å². The van der Waals surface area contributed by atoms with Crippen LogP contribution in [0.2, 0.25) is 0 Å². The summed E-state index contributed by atoms with van der Waals surface area (Å²) in [5, 5.41) is 11.3. The number of hydrogen-bond acceptors (Lipinski definition) is 3. The van der Waals surface area contributed by atoms with Crippen molar-refractivity contribution in [1.29, 1.82) is 0 Å². The number of carbonyl (C=O) groups is 2. The smallest absolute Gasteiger partial charge is 0.323 e. The first-order chi connectivity index (χ1) is 8.04. The van der Waals surface area contributed by atoms with Gasteiger partial charge < -0.3 is 19.7 Å². The fourth-order valence-electron chi connectivity index (χ4n) is 1.31. The monoisotopic (exact) mass is 240 g/mol. The Morgan fingerprint density at radius 1 is 1.59 bits per heavy atom. The summed E-state index contributed by atoms with van der Waals surface area (Å²) in [4.78, 5) is 22.3. The summed E-state index contributed by atoms with van der Waals surface area (Å²) in [5.41, 5.74) is 0.329. The molecule has 1 rings (SSSR count). The maximum Gasteiger partial charge on any atom is 0.323 e. The molecule has 1 heterocycles.